The molecule has 0 aliphatic heterocycles. The first-order chi connectivity index (χ1) is 6.95. The van der Waals surface area contributed by atoms with E-state index in [-0.39, 0.29) is 5.95 Å². The summed E-state index contributed by atoms with van der Waals surface area (Å²) in [5.74, 6) is -0.632. The summed E-state index contributed by atoms with van der Waals surface area (Å²) in [7, 11) is 0. The van der Waals surface area contributed by atoms with Gasteiger partial charge in [0.05, 0.1) is 0 Å². The topological polar surface area (TPSA) is 72.7 Å². The van der Waals surface area contributed by atoms with Crippen LogP contribution in [0.3, 0.4) is 0 Å². The lowest BCUT2D eigenvalue weighted by Crippen LogP contribution is -2.28. The zero-order valence-electron chi connectivity index (χ0n) is 7.75. The zero-order chi connectivity index (χ0) is 11.5. The van der Waals surface area contributed by atoms with Crippen LogP contribution in [0.2, 0.25) is 0 Å². The molecule has 0 fully saturated rings. The Balaban J connectivity index is 2.72. The van der Waals surface area contributed by atoms with Crippen molar-refractivity contribution in [2.24, 2.45) is 0 Å². The van der Waals surface area contributed by atoms with Crippen molar-refractivity contribution in [1.29, 1.82) is 0 Å². The molecule has 0 atom stereocenters. The Morgan fingerprint density at radius 1 is 1.53 bits per heavy atom. The van der Waals surface area contributed by atoms with Crippen molar-refractivity contribution in [3.05, 3.63) is 0 Å². The first-order valence-electron chi connectivity index (χ1n) is 4.09. The summed E-state index contributed by atoms with van der Waals surface area (Å²) in [6.07, 6.45) is 0.821. The minimum absolute atomic E-state index is 0.160. The van der Waals surface area contributed by atoms with E-state index in [9.17, 15) is 4.79 Å². The third-order valence-corrected chi connectivity index (χ3v) is 1.97. The van der Waals surface area contributed by atoms with Gasteiger partial charge >= 0.3 is 0 Å². The predicted molar refractivity (Wildman–Crippen MR) is 57.0 cm³/mol. The summed E-state index contributed by atoms with van der Waals surface area (Å²) >= 11 is 16.1. The summed E-state index contributed by atoms with van der Waals surface area (Å²) in [4.78, 5) is 11.3. The number of carbonyl (C=O) groups excluding carboxylic acids is 1. The van der Waals surface area contributed by atoms with Crippen molar-refractivity contribution < 1.29 is 4.79 Å². The molecular formula is C6H8Cl3N5O. The second-order valence-corrected chi connectivity index (χ2v) is 4.96. The van der Waals surface area contributed by atoms with Crippen LogP contribution in [-0.4, -0.2) is 29.9 Å². The Morgan fingerprint density at radius 3 is 2.73 bits per heavy atom. The van der Waals surface area contributed by atoms with E-state index in [0.717, 1.165) is 6.42 Å². The third-order valence-electron chi connectivity index (χ3n) is 1.45. The van der Waals surface area contributed by atoms with Crippen molar-refractivity contribution in [2.75, 3.05) is 5.32 Å². The molecule has 6 nitrogen and oxygen atoms in total. The van der Waals surface area contributed by atoms with E-state index in [0.29, 0.717) is 6.54 Å². The number of amides is 1. The SMILES string of the molecule is CCCn1nnnc1NC(=O)C(Cl)(Cl)Cl. The molecule has 1 aromatic heterocycles. The number of aryl methyl sites for hydroxylation is 1. The molecule has 0 bridgehead atoms. The number of nitrogens with one attached hydrogen (secondary N) is 1. The van der Waals surface area contributed by atoms with E-state index in [1.165, 1.54) is 4.68 Å². The Labute approximate surface area is 101 Å². The molecule has 1 aromatic rings. The molecule has 0 aliphatic carbocycles. The number of carbonyl (C=O) groups is 1. The van der Waals surface area contributed by atoms with E-state index < -0.39 is 9.70 Å². The van der Waals surface area contributed by atoms with Gasteiger partial charge in [-0.2, -0.15) is 0 Å². The molecule has 0 saturated carbocycles. The van der Waals surface area contributed by atoms with Crippen molar-refractivity contribution in [2.45, 2.75) is 23.7 Å². The van der Waals surface area contributed by atoms with Crippen LogP contribution in [0.1, 0.15) is 13.3 Å². The van der Waals surface area contributed by atoms with Crippen molar-refractivity contribution in [1.82, 2.24) is 20.2 Å². The molecule has 1 rings (SSSR count). The molecule has 15 heavy (non-hydrogen) atoms. The summed E-state index contributed by atoms with van der Waals surface area (Å²) in [6, 6.07) is 0. The summed E-state index contributed by atoms with van der Waals surface area (Å²) in [5, 5.41) is 12.9. The fourth-order valence-electron chi connectivity index (χ4n) is 0.829. The average molecular weight is 273 g/mol. The zero-order valence-corrected chi connectivity index (χ0v) is 10.0. The second kappa shape index (κ2) is 4.96. The number of nitrogens with zero attached hydrogens (tertiary/aromatic N) is 4. The smallest absolute Gasteiger partial charge is 0.278 e. The molecule has 0 spiro atoms. The number of anilines is 1. The molecule has 0 saturated heterocycles. The number of alkyl halides is 3. The fraction of sp³-hybridized carbons (Fsp3) is 0.667. The molecule has 1 heterocycles. The first-order valence-corrected chi connectivity index (χ1v) is 5.23. The van der Waals surface area contributed by atoms with Crippen LogP contribution in [0.15, 0.2) is 0 Å². The maximum absolute atomic E-state index is 11.3. The van der Waals surface area contributed by atoms with Gasteiger partial charge in [-0.15, -0.1) is 0 Å². The third kappa shape index (κ3) is 3.48. The molecule has 0 aliphatic rings. The second-order valence-electron chi connectivity index (χ2n) is 2.68. The van der Waals surface area contributed by atoms with Crippen LogP contribution in [0.25, 0.3) is 0 Å². The lowest BCUT2D eigenvalue weighted by molar-refractivity contribution is -0.115. The number of hydrogen-bond donors (Lipinski definition) is 1. The Bertz CT molecular complexity index is 347. The Morgan fingerprint density at radius 2 is 2.20 bits per heavy atom. The maximum Gasteiger partial charge on any atom is 0.278 e. The van der Waals surface area contributed by atoms with Gasteiger partial charge in [-0.05, 0) is 16.8 Å². The highest BCUT2D eigenvalue weighted by molar-refractivity contribution is 6.76. The van der Waals surface area contributed by atoms with Crippen LogP contribution in [0, 0.1) is 0 Å². The van der Waals surface area contributed by atoms with Gasteiger partial charge in [0.2, 0.25) is 5.95 Å². The van der Waals surface area contributed by atoms with Crippen LogP contribution < -0.4 is 5.32 Å². The highest BCUT2D eigenvalue weighted by Gasteiger charge is 2.31. The van der Waals surface area contributed by atoms with Gasteiger partial charge in [-0.1, -0.05) is 46.8 Å². The molecule has 9 heteroatoms. The van der Waals surface area contributed by atoms with Crippen molar-refractivity contribution in [3.63, 3.8) is 0 Å². The number of rotatable bonds is 3. The molecule has 0 unspecified atom stereocenters. The summed E-state index contributed by atoms with van der Waals surface area (Å²) in [5.41, 5.74) is 0. The molecule has 1 N–H and O–H groups in total. The van der Waals surface area contributed by atoms with Gasteiger partial charge < -0.3 is 0 Å². The number of tetrazole rings is 1. The summed E-state index contributed by atoms with van der Waals surface area (Å²) in [6.45, 7) is 2.52. The van der Waals surface area contributed by atoms with Gasteiger partial charge in [0.25, 0.3) is 9.70 Å². The van der Waals surface area contributed by atoms with E-state index in [2.05, 4.69) is 20.8 Å². The first kappa shape index (κ1) is 12.5. The molecular weight excluding hydrogens is 264 g/mol. The predicted octanol–water partition coefficient (Wildman–Crippen LogP) is 1.39. The van der Waals surface area contributed by atoms with E-state index >= 15 is 0 Å². The Hall–Kier alpha value is -0.590. The minimum Gasteiger partial charge on any atom is -0.290 e. The van der Waals surface area contributed by atoms with Crippen LogP contribution >= 0.6 is 34.8 Å². The van der Waals surface area contributed by atoms with E-state index in [1.54, 1.807) is 0 Å². The van der Waals surface area contributed by atoms with Gasteiger partial charge in [-0.3, -0.25) is 10.1 Å². The van der Waals surface area contributed by atoms with E-state index in [4.69, 9.17) is 34.8 Å². The fourth-order valence-corrected chi connectivity index (χ4v) is 0.971. The highest BCUT2D eigenvalue weighted by Crippen LogP contribution is 2.27. The number of halogens is 3. The van der Waals surface area contributed by atoms with Gasteiger partial charge in [0.15, 0.2) is 0 Å². The normalized spacial score (nSPS) is 11.5. The highest BCUT2D eigenvalue weighted by atomic mass is 35.6. The maximum atomic E-state index is 11.3. The van der Waals surface area contributed by atoms with E-state index in [1.807, 2.05) is 6.92 Å². The molecule has 0 radical (unpaired) electrons. The lowest BCUT2D eigenvalue weighted by atomic mass is 10.5. The summed E-state index contributed by atoms with van der Waals surface area (Å²) < 4.78 is -0.614. The number of aromatic nitrogens is 4. The van der Waals surface area contributed by atoms with Crippen molar-refractivity contribution in [3.8, 4) is 0 Å². The Kier molecular flexibility index (Phi) is 4.12. The molecule has 1 amide bonds. The minimum atomic E-state index is -2.02. The van der Waals surface area contributed by atoms with Gasteiger partial charge in [0.1, 0.15) is 0 Å². The standard InChI is InChI=1S/C6H8Cl3N5O/c1-2-3-14-5(11-12-13-14)10-4(15)6(7,8)9/h2-3H2,1H3,(H,10,11,13,15). The van der Waals surface area contributed by atoms with Crippen molar-refractivity contribution >= 4 is 46.7 Å². The average Bonchev–Trinajstić information content (AvgIpc) is 2.52. The van der Waals surface area contributed by atoms with Gasteiger partial charge in [-0.25, -0.2) is 4.68 Å². The monoisotopic (exact) mass is 271 g/mol. The lowest BCUT2D eigenvalue weighted by Gasteiger charge is -2.10. The quantitative estimate of drug-likeness (QED) is 0.844. The molecule has 84 valence electrons. The number of hydrogen-bond acceptors (Lipinski definition) is 4. The van der Waals surface area contributed by atoms with Crippen LogP contribution in [0.4, 0.5) is 5.95 Å². The molecule has 0 aromatic carbocycles. The largest absolute Gasteiger partial charge is 0.290 e. The van der Waals surface area contributed by atoms with Crippen LogP contribution in [-0.2, 0) is 11.3 Å². The van der Waals surface area contributed by atoms with Crippen LogP contribution in [0.5, 0.6) is 0 Å². The van der Waals surface area contributed by atoms with Gasteiger partial charge in [0, 0.05) is 6.54 Å².